The van der Waals surface area contributed by atoms with E-state index in [1.165, 1.54) is 0 Å². The lowest BCUT2D eigenvalue weighted by atomic mass is 10.1. The van der Waals surface area contributed by atoms with Crippen LogP contribution in [0.5, 0.6) is 0 Å². The minimum absolute atomic E-state index is 0.0677. The molecule has 54 valence electrons. The van der Waals surface area contributed by atoms with Crippen LogP contribution in [0.25, 0.3) is 0 Å². The molecule has 9 heavy (non-hydrogen) atoms. The van der Waals surface area contributed by atoms with E-state index in [4.69, 9.17) is 0 Å². The maximum Gasteiger partial charge on any atom is 0.198 e. The monoisotopic (exact) mass is 256 g/mol. The number of hydrogen-bond donors (Lipinski definition) is 0. The van der Waals surface area contributed by atoms with Gasteiger partial charge in [-0.05, 0) is 21.8 Å². The van der Waals surface area contributed by atoms with Gasteiger partial charge in [0.25, 0.3) is 0 Å². The third kappa shape index (κ3) is 5.09. The molecular formula is C6H10Br2O. The third-order valence-corrected chi connectivity index (χ3v) is 2.78. The smallest absolute Gasteiger partial charge is 0.198 e. The van der Waals surface area contributed by atoms with E-state index in [1.807, 2.05) is 0 Å². The molecule has 0 fully saturated rings. The number of alkyl halides is 1. The molecule has 0 spiro atoms. The molecule has 1 atom stereocenters. The van der Waals surface area contributed by atoms with Crippen LogP contribution in [0.2, 0.25) is 0 Å². The normalized spacial score (nSPS) is 13.9. The van der Waals surface area contributed by atoms with Crippen molar-refractivity contribution < 1.29 is 4.79 Å². The average molecular weight is 258 g/mol. The molecule has 0 saturated carbocycles. The summed E-state index contributed by atoms with van der Waals surface area (Å²) in [6.07, 6.45) is 0.567. The fourth-order valence-corrected chi connectivity index (χ4v) is 1.47. The maximum atomic E-state index is 10.4. The van der Waals surface area contributed by atoms with Crippen LogP contribution in [0.4, 0.5) is 0 Å². The van der Waals surface area contributed by atoms with E-state index >= 15 is 0 Å². The highest BCUT2D eigenvalue weighted by Crippen LogP contribution is 2.17. The summed E-state index contributed by atoms with van der Waals surface area (Å²) >= 11 is 6.27. The van der Waals surface area contributed by atoms with Crippen molar-refractivity contribution >= 4 is 36.6 Å². The molecule has 0 aliphatic carbocycles. The molecule has 0 heterocycles. The minimum atomic E-state index is 0.0677. The van der Waals surface area contributed by atoms with Crippen LogP contribution in [0.15, 0.2) is 0 Å². The summed E-state index contributed by atoms with van der Waals surface area (Å²) in [6, 6.07) is 0. The summed E-state index contributed by atoms with van der Waals surface area (Å²) < 4.78 is 0.0677. The Morgan fingerprint density at radius 2 is 2.00 bits per heavy atom. The van der Waals surface area contributed by atoms with E-state index in [9.17, 15) is 4.79 Å². The Kier molecular flexibility index (Phi) is 4.76. The summed E-state index contributed by atoms with van der Waals surface area (Å²) in [5.41, 5.74) is 0. The number of carbonyl (C=O) groups is 1. The van der Waals surface area contributed by atoms with Gasteiger partial charge in [-0.1, -0.05) is 29.8 Å². The predicted molar refractivity (Wildman–Crippen MR) is 46.1 cm³/mol. The highest BCUT2D eigenvalue weighted by Gasteiger charge is 2.11. The number of rotatable bonds is 3. The van der Waals surface area contributed by atoms with Gasteiger partial charge in [-0.2, -0.15) is 0 Å². The Bertz CT molecular complexity index is 101. The minimum Gasteiger partial charge on any atom is -0.287 e. The van der Waals surface area contributed by atoms with Gasteiger partial charge in [-0.25, -0.2) is 0 Å². The first-order chi connectivity index (χ1) is 4.04. The first-order valence-electron chi connectivity index (χ1n) is 2.86. The Morgan fingerprint density at radius 3 is 2.11 bits per heavy atom. The molecule has 3 heteroatoms. The molecule has 0 aromatic carbocycles. The van der Waals surface area contributed by atoms with Gasteiger partial charge in [0.1, 0.15) is 0 Å². The van der Waals surface area contributed by atoms with E-state index in [2.05, 4.69) is 45.7 Å². The summed E-state index contributed by atoms with van der Waals surface area (Å²) in [4.78, 5) is 10.8. The van der Waals surface area contributed by atoms with Crippen molar-refractivity contribution in [2.24, 2.45) is 5.92 Å². The lowest BCUT2D eigenvalue weighted by Gasteiger charge is -2.09. The van der Waals surface area contributed by atoms with Gasteiger partial charge in [0, 0.05) is 11.2 Å². The molecule has 1 nitrogen and oxygen atoms in total. The molecule has 0 aromatic rings. The summed E-state index contributed by atoms with van der Waals surface area (Å²) in [7, 11) is 0. The Labute approximate surface area is 72.5 Å². The summed E-state index contributed by atoms with van der Waals surface area (Å²) in [5.74, 6) is 0.520. The van der Waals surface area contributed by atoms with Gasteiger partial charge in [-0.15, -0.1) is 0 Å². The van der Waals surface area contributed by atoms with Crippen molar-refractivity contribution in [2.75, 3.05) is 0 Å². The topological polar surface area (TPSA) is 17.1 Å². The zero-order chi connectivity index (χ0) is 7.44. The van der Waals surface area contributed by atoms with E-state index in [-0.39, 0.29) is 4.69 Å². The van der Waals surface area contributed by atoms with E-state index in [0.29, 0.717) is 17.2 Å². The van der Waals surface area contributed by atoms with Crippen LogP contribution < -0.4 is 0 Å². The Balaban J connectivity index is 3.50. The molecule has 0 aliphatic heterocycles. The van der Waals surface area contributed by atoms with Gasteiger partial charge in [0.05, 0.1) is 0 Å². The van der Waals surface area contributed by atoms with E-state index in [0.717, 1.165) is 0 Å². The number of carbonyl (C=O) groups excluding carboxylic acids is 1. The van der Waals surface area contributed by atoms with Crippen molar-refractivity contribution in [1.29, 1.82) is 0 Å². The molecule has 0 N–H and O–H groups in total. The van der Waals surface area contributed by atoms with Crippen molar-refractivity contribution in [2.45, 2.75) is 25.1 Å². The molecule has 0 aromatic heterocycles. The lowest BCUT2D eigenvalue weighted by Crippen LogP contribution is -2.09. The highest BCUT2D eigenvalue weighted by atomic mass is 79.9. The molecule has 0 radical (unpaired) electrons. The van der Waals surface area contributed by atoms with Crippen molar-refractivity contribution in [3.8, 4) is 0 Å². The molecule has 0 aliphatic rings. The second-order valence-corrected chi connectivity index (χ2v) is 4.38. The van der Waals surface area contributed by atoms with Gasteiger partial charge in [0.15, 0.2) is 4.69 Å². The lowest BCUT2D eigenvalue weighted by molar-refractivity contribution is -0.110. The first kappa shape index (κ1) is 9.63. The van der Waals surface area contributed by atoms with Crippen LogP contribution in [0.1, 0.15) is 20.3 Å². The second kappa shape index (κ2) is 4.45. The second-order valence-electron chi connectivity index (χ2n) is 2.32. The third-order valence-electron chi connectivity index (χ3n) is 1.08. The van der Waals surface area contributed by atoms with E-state index < -0.39 is 0 Å². The maximum absolute atomic E-state index is 10.4. The predicted octanol–water partition coefficient (Wildman–Crippen LogP) is 2.72. The molecule has 0 saturated heterocycles. The molecule has 0 rings (SSSR count). The molecular weight excluding hydrogens is 248 g/mol. The van der Waals surface area contributed by atoms with Crippen LogP contribution >= 0.6 is 31.9 Å². The fourth-order valence-electron chi connectivity index (χ4n) is 0.389. The Morgan fingerprint density at radius 1 is 1.56 bits per heavy atom. The van der Waals surface area contributed by atoms with Gasteiger partial charge >= 0.3 is 0 Å². The zero-order valence-electron chi connectivity index (χ0n) is 5.53. The zero-order valence-corrected chi connectivity index (χ0v) is 8.70. The standard InChI is InChI=1S/C6H10Br2O/c1-4(2)5(7)3-6(8)9/h4-5H,3H2,1-2H3. The van der Waals surface area contributed by atoms with E-state index in [1.54, 1.807) is 0 Å². The van der Waals surface area contributed by atoms with Gasteiger partial charge in [0.2, 0.25) is 0 Å². The largest absolute Gasteiger partial charge is 0.287 e. The van der Waals surface area contributed by atoms with Crippen LogP contribution in [-0.2, 0) is 4.79 Å². The van der Waals surface area contributed by atoms with Crippen molar-refractivity contribution in [3.05, 3.63) is 0 Å². The van der Waals surface area contributed by atoms with Crippen LogP contribution in [-0.4, -0.2) is 9.52 Å². The quantitative estimate of drug-likeness (QED) is 0.561. The van der Waals surface area contributed by atoms with Gasteiger partial charge < -0.3 is 0 Å². The summed E-state index contributed by atoms with van der Waals surface area (Å²) in [5, 5.41) is 0. The number of hydrogen-bond acceptors (Lipinski definition) is 1. The molecule has 0 bridgehead atoms. The number of halogens is 2. The molecule has 0 amide bonds. The highest BCUT2D eigenvalue weighted by molar-refractivity contribution is 9.18. The van der Waals surface area contributed by atoms with Crippen LogP contribution in [0, 0.1) is 5.92 Å². The SMILES string of the molecule is CC(C)C(Br)CC(=O)Br. The average Bonchev–Trinajstić information content (AvgIpc) is 1.63. The summed E-state index contributed by atoms with van der Waals surface area (Å²) in [6.45, 7) is 4.16. The first-order valence-corrected chi connectivity index (χ1v) is 4.57. The van der Waals surface area contributed by atoms with Crippen LogP contribution in [0.3, 0.4) is 0 Å². The fraction of sp³-hybridized carbons (Fsp3) is 0.833. The van der Waals surface area contributed by atoms with Gasteiger partial charge in [-0.3, -0.25) is 4.79 Å². The molecule has 1 unspecified atom stereocenters. The van der Waals surface area contributed by atoms with Crippen molar-refractivity contribution in [3.63, 3.8) is 0 Å². The van der Waals surface area contributed by atoms with Crippen molar-refractivity contribution in [1.82, 2.24) is 0 Å². The Hall–Kier alpha value is 0.630.